The Bertz CT molecular complexity index is 980. The van der Waals surface area contributed by atoms with E-state index in [0.717, 1.165) is 0 Å². The van der Waals surface area contributed by atoms with Gasteiger partial charge < -0.3 is 19.2 Å². The number of furan rings is 1. The molecule has 4 rings (SSSR count). The highest BCUT2D eigenvalue weighted by Crippen LogP contribution is 2.45. The van der Waals surface area contributed by atoms with Crippen molar-refractivity contribution in [2.75, 3.05) is 6.54 Å². The molecule has 0 aliphatic carbocycles. The largest absolute Gasteiger partial charge is 0.485 e. The molecule has 0 bridgehead atoms. The van der Waals surface area contributed by atoms with Crippen LogP contribution in [0.4, 0.5) is 0 Å². The maximum atomic E-state index is 12.8. The summed E-state index contributed by atoms with van der Waals surface area (Å²) in [7, 11) is -3.84. The maximum Gasteiger partial charge on any atom is 0.239 e. The Morgan fingerprint density at radius 2 is 2.04 bits per heavy atom. The fourth-order valence-corrected chi connectivity index (χ4v) is 4.95. The van der Waals surface area contributed by atoms with E-state index < -0.39 is 27.6 Å². The fraction of sp³-hybridized carbons (Fsp3) is 0.421. The molecule has 2 atom stereocenters. The highest BCUT2D eigenvalue weighted by atomic mass is 32.2. The number of nitrogens with zero attached hydrogens (tertiary/aromatic N) is 1. The van der Waals surface area contributed by atoms with Crippen LogP contribution in [0.15, 0.2) is 51.0 Å². The molecule has 8 heteroatoms. The molecule has 2 aliphatic heterocycles. The van der Waals surface area contributed by atoms with Crippen molar-refractivity contribution in [2.45, 2.75) is 54.4 Å². The van der Waals surface area contributed by atoms with Gasteiger partial charge in [-0.25, -0.2) is 8.42 Å². The summed E-state index contributed by atoms with van der Waals surface area (Å²) in [4.78, 5) is 14.0. The molecule has 2 aliphatic rings. The van der Waals surface area contributed by atoms with Crippen LogP contribution in [0.2, 0.25) is 0 Å². The van der Waals surface area contributed by atoms with Crippen LogP contribution in [0.3, 0.4) is 0 Å². The molecule has 1 aromatic heterocycles. The molecular weight excluding hydrogens is 370 g/mol. The third-order valence-corrected chi connectivity index (χ3v) is 6.84. The molecular formula is C19H21NO6S. The number of sulfone groups is 1. The number of aliphatic hydroxyl groups excluding tert-OH is 1. The molecule has 1 N–H and O–H groups in total. The highest BCUT2D eigenvalue weighted by Gasteiger charge is 2.47. The molecule has 1 amide bonds. The first kappa shape index (κ1) is 18.1. The van der Waals surface area contributed by atoms with E-state index >= 15 is 0 Å². The Morgan fingerprint density at radius 3 is 2.67 bits per heavy atom. The zero-order chi connectivity index (χ0) is 19.4. The Balaban J connectivity index is 1.85. The van der Waals surface area contributed by atoms with Crippen LogP contribution in [0.5, 0.6) is 5.75 Å². The first-order valence-corrected chi connectivity index (χ1v) is 10.3. The summed E-state index contributed by atoms with van der Waals surface area (Å²) in [5.41, 5.74) is -0.424. The van der Waals surface area contributed by atoms with Crippen molar-refractivity contribution in [2.24, 2.45) is 0 Å². The molecule has 0 radical (unpaired) electrons. The van der Waals surface area contributed by atoms with Crippen LogP contribution in [0.25, 0.3) is 0 Å². The number of benzene rings is 1. The number of rotatable bonds is 3. The molecule has 0 unspecified atom stereocenters. The molecule has 7 nitrogen and oxygen atoms in total. The van der Waals surface area contributed by atoms with Crippen molar-refractivity contribution in [3.8, 4) is 5.75 Å². The van der Waals surface area contributed by atoms with Crippen molar-refractivity contribution < 1.29 is 27.5 Å². The van der Waals surface area contributed by atoms with Gasteiger partial charge in [0.1, 0.15) is 17.5 Å². The van der Waals surface area contributed by atoms with Gasteiger partial charge in [-0.3, -0.25) is 4.79 Å². The average molecular weight is 391 g/mol. The third-order valence-electron chi connectivity index (χ3n) is 5.20. The van der Waals surface area contributed by atoms with Crippen LogP contribution in [-0.2, 0) is 14.6 Å². The van der Waals surface area contributed by atoms with Gasteiger partial charge in [0, 0.05) is 18.5 Å². The van der Waals surface area contributed by atoms with E-state index in [1.54, 1.807) is 24.8 Å². The van der Waals surface area contributed by atoms with E-state index in [9.17, 15) is 18.3 Å². The van der Waals surface area contributed by atoms with Crippen molar-refractivity contribution in [3.63, 3.8) is 0 Å². The van der Waals surface area contributed by atoms with Crippen LogP contribution < -0.4 is 4.74 Å². The second kappa shape index (κ2) is 6.10. The summed E-state index contributed by atoms with van der Waals surface area (Å²) in [5.74, 6) is 0.412. The topological polar surface area (TPSA) is 97.1 Å². The minimum atomic E-state index is -3.84. The maximum absolute atomic E-state index is 12.8. The summed E-state index contributed by atoms with van der Waals surface area (Å²) >= 11 is 0. The van der Waals surface area contributed by atoms with Gasteiger partial charge in [0.2, 0.25) is 20.8 Å². The average Bonchev–Trinajstić information content (AvgIpc) is 3.28. The van der Waals surface area contributed by atoms with E-state index in [1.165, 1.54) is 30.5 Å². The third kappa shape index (κ3) is 2.83. The summed E-state index contributed by atoms with van der Waals surface area (Å²) in [6, 6.07) is 6.73. The van der Waals surface area contributed by atoms with Crippen molar-refractivity contribution in [1.82, 2.24) is 4.90 Å². The van der Waals surface area contributed by atoms with Crippen molar-refractivity contribution in [3.05, 3.63) is 42.2 Å². The minimum absolute atomic E-state index is 0.0309. The lowest BCUT2D eigenvalue weighted by Crippen LogP contribution is -2.53. The van der Waals surface area contributed by atoms with E-state index in [4.69, 9.17) is 9.15 Å². The Labute approximate surface area is 157 Å². The van der Waals surface area contributed by atoms with Gasteiger partial charge >= 0.3 is 0 Å². The lowest BCUT2D eigenvalue weighted by atomic mass is 9.85. The number of aliphatic hydroxyl groups is 1. The predicted molar refractivity (Wildman–Crippen MR) is 95.0 cm³/mol. The lowest BCUT2D eigenvalue weighted by Gasteiger charge is -2.45. The number of likely N-dealkylation sites (tertiary alicyclic amines) is 1. The quantitative estimate of drug-likeness (QED) is 0.862. The number of hydrogen-bond donors (Lipinski definition) is 1. The first-order valence-electron chi connectivity index (χ1n) is 8.81. The molecule has 2 aromatic rings. The van der Waals surface area contributed by atoms with E-state index in [2.05, 4.69) is 0 Å². The minimum Gasteiger partial charge on any atom is -0.485 e. The summed E-state index contributed by atoms with van der Waals surface area (Å²) < 4.78 is 36.6. The zero-order valence-corrected chi connectivity index (χ0v) is 15.9. The number of ether oxygens (including phenoxy) is 1. The first-order chi connectivity index (χ1) is 12.7. The van der Waals surface area contributed by atoms with E-state index in [-0.39, 0.29) is 15.9 Å². The molecule has 27 heavy (non-hydrogen) atoms. The predicted octanol–water partition coefficient (Wildman–Crippen LogP) is 2.31. The van der Waals surface area contributed by atoms with Crippen molar-refractivity contribution >= 4 is 15.7 Å². The number of fused-ring (bicyclic) bond motifs is 1. The monoisotopic (exact) mass is 391 g/mol. The Kier molecular flexibility index (Phi) is 4.08. The van der Waals surface area contributed by atoms with Gasteiger partial charge in [-0.05, 0) is 50.6 Å². The lowest BCUT2D eigenvalue weighted by molar-refractivity contribution is -0.139. The van der Waals surface area contributed by atoms with Crippen LogP contribution in [0.1, 0.15) is 38.3 Å². The standard InChI is InChI=1S/C19H21NO6S/c1-19(2)18(22)17(20-9-3-5-15(20)21)13-11-12(7-8-14(13)26-19)27(23,24)16-6-4-10-25-16/h4,6-8,10-11,17-18,22H,3,5,9H2,1-2H3/t17-,18+/m1/s1. The van der Waals surface area contributed by atoms with Gasteiger partial charge in [-0.15, -0.1) is 0 Å². The molecule has 0 saturated carbocycles. The Hall–Kier alpha value is -2.32. The van der Waals surface area contributed by atoms with Crippen molar-refractivity contribution in [1.29, 1.82) is 0 Å². The van der Waals surface area contributed by atoms with Gasteiger partial charge in [0.15, 0.2) is 0 Å². The highest BCUT2D eigenvalue weighted by molar-refractivity contribution is 7.91. The second-order valence-electron chi connectivity index (χ2n) is 7.42. The molecule has 0 spiro atoms. The van der Waals surface area contributed by atoms with E-state index in [0.29, 0.717) is 30.7 Å². The van der Waals surface area contributed by atoms with Gasteiger partial charge in [0.05, 0.1) is 17.2 Å². The fourth-order valence-electron chi connectivity index (χ4n) is 3.75. The summed E-state index contributed by atoms with van der Waals surface area (Å²) in [5, 5.41) is 10.8. The summed E-state index contributed by atoms with van der Waals surface area (Å²) in [6.07, 6.45) is 1.44. The molecule has 1 fully saturated rings. The number of amides is 1. The number of carbonyl (C=O) groups excluding carboxylic acids is 1. The van der Waals surface area contributed by atoms with Crippen LogP contribution >= 0.6 is 0 Å². The summed E-state index contributed by atoms with van der Waals surface area (Å²) in [6.45, 7) is 4.02. The molecule has 1 saturated heterocycles. The second-order valence-corrected chi connectivity index (χ2v) is 9.30. The Morgan fingerprint density at radius 1 is 1.26 bits per heavy atom. The number of hydrogen-bond acceptors (Lipinski definition) is 6. The zero-order valence-electron chi connectivity index (χ0n) is 15.1. The van der Waals surface area contributed by atoms with Crippen LogP contribution in [0, 0.1) is 0 Å². The smallest absolute Gasteiger partial charge is 0.239 e. The van der Waals surface area contributed by atoms with Gasteiger partial charge in [-0.2, -0.15) is 0 Å². The van der Waals surface area contributed by atoms with E-state index in [1.807, 2.05) is 0 Å². The molecule has 1 aromatic carbocycles. The molecule has 144 valence electrons. The van der Waals surface area contributed by atoms with Gasteiger partial charge in [0.25, 0.3) is 0 Å². The normalized spacial score (nSPS) is 24.6. The number of carbonyl (C=O) groups is 1. The van der Waals surface area contributed by atoms with Gasteiger partial charge in [-0.1, -0.05) is 0 Å². The SMILES string of the molecule is CC1(C)Oc2ccc(S(=O)(=O)c3ccco3)cc2[C@@H](N2CCCC2=O)[C@@H]1O. The van der Waals surface area contributed by atoms with Crippen LogP contribution in [-0.4, -0.2) is 42.6 Å². The molecule has 3 heterocycles.